The van der Waals surface area contributed by atoms with Crippen LogP contribution in [0.1, 0.15) is 113 Å². The molecule has 0 spiro atoms. The van der Waals surface area contributed by atoms with Crippen molar-refractivity contribution in [2.45, 2.75) is 84.7 Å². The second-order valence-corrected chi connectivity index (χ2v) is 10.4. The van der Waals surface area contributed by atoms with Gasteiger partial charge in [-0.2, -0.15) is 0 Å². The molecule has 3 aromatic rings. The summed E-state index contributed by atoms with van der Waals surface area (Å²) in [4.78, 5) is 25.6. The Balaban J connectivity index is 2.24. The van der Waals surface area contributed by atoms with E-state index in [-0.39, 0.29) is 22.6 Å². The van der Waals surface area contributed by atoms with E-state index in [9.17, 15) is 24.9 Å². The minimum atomic E-state index is -1.53. The summed E-state index contributed by atoms with van der Waals surface area (Å²) in [7, 11) is 0. The Bertz CT molecular complexity index is 1340. The summed E-state index contributed by atoms with van der Waals surface area (Å²) in [5, 5.41) is 31.8. The van der Waals surface area contributed by atoms with Gasteiger partial charge in [-0.3, -0.25) is 0 Å². The van der Waals surface area contributed by atoms with E-state index in [1.807, 2.05) is 0 Å². The van der Waals surface area contributed by atoms with Crippen LogP contribution in [-0.2, 0) is 36.0 Å². The number of cyclic esters (lactones) is 1. The van der Waals surface area contributed by atoms with E-state index in [0.717, 1.165) is 60.8 Å². The lowest BCUT2D eigenvalue weighted by Crippen LogP contribution is -2.33. The number of aromatic hydroxyl groups is 2. The van der Waals surface area contributed by atoms with Crippen LogP contribution in [0.2, 0.25) is 0 Å². The molecule has 0 aromatic heterocycles. The molecule has 6 heteroatoms. The first-order valence-electron chi connectivity index (χ1n) is 14.0. The van der Waals surface area contributed by atoms with E-state index in [2.05, 4.69) is 27.7 Å². The molecule has 6 nitrogen and oxygen atoms in total. The lowest BCUT2D eigenvalue weighted by molar-refractivity contribution is 0.0244. The number of hydrogen-bond donors (Lipinski definition) is 3. The van der Waals surface area contributed by atoms with Crippen LogP contribution in [0.15, 0.2) is 42.5 Å². The monoisotopic (exact) mass is 530 g/mol. The summed E-state index contributed by atoms with van der Waals surface area (Å²) >= 11 is 0. The van der Waals surface area contributed by atoms with E-state index < -0.39 is 17.5 Å². The van der Waals surface area contributed by atoms with Gasteiger partial charge in [-0.05, 0) is 90.4 Å². The molecule has 1 aliphatic rings. The van der Waals surface area contributed by atoms with Gasteiger partial charge in [0.05, 0.1) is 11.1 Å². The maximum atomic E-state index is 13.5. The highest BCUT2D eigenvalue weighted by molar-refractivity contribution is 5.99. The van der Waals surface area contributed by atoms with Crippen LogP contribution >= 0.6 is 0 Å². The van der Waals surface area contributed by atoms with E-state index in [0.29, 0.717) is 29.5 Å². The second-order valence-electron chi connectivity index (χ2n) is 10.4. The third-order valence-corrected chi connectivity index (χ3v) is 7.56. The van der Waals surface area contributed by atoms with Crippen molar-refractivity contribution in [1.29, 1.82) is 0 Å². The Hall–Kier alpha value is -3.80. The Morgan fingerprint density at radius 2 is 1.21 bits per heavy atom. The topological polar surface area (TPSA) is 104 Å². The molecule has 1 heterocycles. The number of fused-ring (bicyclic) bond motifs is 1. The average Bonchev–Trinajstić information content (AvgIpc) is 3.19. The van der Waals surface area contributed by atoms with Crippen molar-refractivity contribution >= 4 is 11.9 Å². The van der Waals surface area contributed by atoms with Crippen LogP contribution in [0.25, 0.3) is 0 Å². The smallest absolute Gasteiger partial charge is 0.340 e. The lowest BCUT2D eigenvalue weighted by atomic mass is 9.72. The van der Waals surface area contributed by atoms with Gasteiger partial charge in [0.15, 0.2) is 5.60 Å². The first kappa shape index (κ1) is 28.2. The highest BCUT2D eigenvalue weighted by Crippen LogP contribution is 2.52. The standard InChI is InChI=1S/C33H38O6/c1-5-9-20-15-23(34)18-29(25(20)11-7-3)33(28-17-22(31(36)37)13-14-27(28)32(38)39-33)30-19-24(35)16-21(10-6-2)26(30)12-8-4/h13-19,34-35H,5-12H2,1-4H3,(H,36,37). The molecule has 0 amide bonds. The third kappa shape index (κ3) is 5.00. The zero-order chi connectivity index (χ0) is 28.3. The van der Waals surface area contributed by atoms with Crippen LogP contribution in [0, 0.1) is 0 Å². The molecule has 39 heavy (non-hydrogen) atoms. The van der Waals surface area contributed by atoms with Gasteiger partial charge >= 0.3 is 11.9 Å². The van der Waals surface area contributed by atoms with Gasteiger partial charge in [0.1, 0.15) is 11.5 Å². The molecule has 0 aliphatic carbocycles. The van der Waals surface area contributed by atoms with Crippen LogP contribution < -0.4 is 0 Å². The number of aryl methyl sites for hydroxylation is 2. The van der Waals surface area contributed by atoms with Crippen molar-refractivity contribution in [2.24, 2.45) is 0 Å². The normalized spacial score (nSPS) is 13.8. The highest BCUT2D eigenvalue weighted by Gasteiger charge is 2.51. The number of carboxylic acids is 1. The van der Waals surface area contributed by atoms with Crippen molar-refractivity contribution in [1.82, 2.24) is 0 Å². The first-order chi connectivity index (χ1) is 18.7. The number of hydrogen-bond acceptors (Lipinski definition) is 5. The molecule has 0 saturated carbocycles. The zero-order valence-corrected chi connectivity index (χ0v) is 23.3. The Labute approximate surface area is 230 Å². The number of aromatic carboxylic acids is 1. The second kappa shape index (κ2) is 11.5. The summed E-state index contributed by atoms with van der Waals surface area (Å²) in [5.74, 6) is -1.57. The van der Waals surface area contributed by atoms with E-state index in [1.54, 1.807) is 24.3 Å². The van der Waals surface area contributed by atoms with Gasteiger partial charge < -0.3 is 20.1 Å². The molecule has 0 atom stereocenters. The third-order valence-electron chi connectivity index (χ3n) is 7.56. The summed E-state index contributed by atoms with van der Waals surface area (Å²) in [6, 6.07) is 11.3. The van der Waals surface area contributed by atoms with E-state index >= 15 is 0 Å². The average molecular weight is 531 g/mol. The molecule has 206 valence electrons. The summed E-state index contributed by atoms with van der Waals surface area (Å²) in [6.45, 7) is 8.30. The minimum Gasteiger partial charge on any atom is -0.508 e. The Kier molecular flexibility index (Phi) is 8.34. The molecule has 1 aliphatic heterocycles. The first-order valence-corrected chi connectivity index (χ1v) is 14.0. The lowest BCUT2D eigenvalue weighted by Gasteiger charge is -2.35. The fraction of sp³-hybridized carbons (Fsp3) is 0.394. The quantitative estimate of drug-likeness (QED) is 0.229. The largest absolute Gasteiger partial charge is 0.508 e. The van der Waals surface area contributed by atoms with Gasteiger partial charge in [-0.15, -0.1) is 0 Å². The molecule has 0 bridgehead atoms. The van der Waals surface area contributed by atoms with Crippen LogP contribution in [-0.4, -0.2) is 27.3 Å². The minimum absolute atomic E-state index is 0.0355. The summed E-state index contributed by atoms with van der Waals surface area (Å²) < 4.78 is 6.42. The number of carbonyl (C=O) groups excluding carboxylic acids is 1. The number of ether oxygens (including phenoxy) is 1. The number of carboxylic acid groups (broad SMARTS) is 1. The summed E-state index contributed by atoms with van der Waals surface area (Å²) in [6.07, 6.45) is 6.19. The van der Waals surface area contributed by atoms with Crippen molar-refractivity contribution in [3.8, 4) is 11.5 Å². The molecule has 3 aromatic carbocycles. The maximum absolute atomic E-state index is 13.5. The molecule has 4 rings (SSSR count). The number of phenols is 2. The molecule has 0 saturated heterocycles. The molecular formula is C33H38O6. The number of carbonyl (C=O) groups is 2. The summed E-state index contributed by atoms with van der Waals surface area (Å²) in [5.41, 5.74) is 4.33. The number of benzene rings is 3. The van der Waals surface area contributed by atoms with Crippen molar-refractivity contribution < 1.29 is 29.6 Å². The van der Waals surface area contributed by atoms with Crippen molar-refractivity contribution in [2.75, 3.05) is 0 Å². The van der Waals surface area contributed by atoms with E-state index in [4.69, 9.17) is 4.74 Å². The van der Waals surface area contributed by atoms with Gasteiger partial charge in [0.25, 0.3) is 0 Å². The van der Waals surface area contributed by atoms with E-state index in [1.165, 1.54) is 18.2 Å². The van der Waals surface area contributed by atoms with Gasteiger partial charge in [-0.1, -0.05) is 53.4 Å². The SMILES string of the molecule is CCCc1cc(O)cc(C2(c3cc(O)cc(CCC)c3CCC)OC(=O)c3ccc(C(=O)O)cc32)c1CCC. The Morgan fingerprint density at radius 1 is 0.718 bits per heavy atom. The molecular weight excluding hydrogens is 492 g/mol. The van der Waals surface area contributed by atoms with Gasteiger partial charge in [0.2, 0.25) is 0 Å². The van der Waals surface area contributed by atoms with Crippen LogP contribution in [0.4, 0.5) is 0 Å². The number of phenolic OH excluding ortho intramolecular Hbond substituents is 2. The molecule has 0 unspecified atom stereocenters. The fourth-order valence-electron chi connectivity index (χ4n) is 6.07. The zero-order valence-electron chi connectivity index (χ0n) is 23.3. The number of rotatable bonds is 11. The Morgan fingerprint density at radius 3 is 1.64 bits per heavy atom. The predicted octanol–water partition coefficient (Wildman–Crippen LogP) is 7.07. The maximum Gasteiger partial charge on any atom is 0.340 e. The van der Waals surface area contributed by atoms with Crippen LogP contribution in [0.5, 0.6) is 11.5 Å². The molecule has 0 fully saturated rings. The van der Waals surface area contributed by atoms with Gasteiger partial charge in [-0.25, -0.2) is 9.59 Å². The number of esters is 1. The van der Waals surface area contributed by atoms with Gasteiger partial charge in [0, 0.05) is 16.7 Å². The fourth-order valence-corrected chi connectivity index (χ4v) is 6.07. The predicted molar refractivity (Wildman–Crippen MR) is 151 cm³/mol. The van der Waals surface area contributed by atoms with Crippen molar-refractivity contribution in [3.05, 3.63) is 92.5 Å². The van der Waals surface area contributed by atoms with Crippen LogP contribution in [0.3, 0.4) is 0 Å². The molecule has 3 N–H and O–H groups in total. The van der Waals surface area contributed by atoms with Crippen molar-refractivity contribution in [3.63, 3.8) is 0 Å². The molecule has 0 radical (unpaired) electrons. The highest BCUT2D eigenvalue weighted by atomic mass is 16.6.